The second kappa shape index (κ2) is 9.10. The summed E-state index contributed by atoms with van der Waals surface area (Å²) in [5.74, 6) is 0.777. The van der Waals surface area contributed by atoms with Gasteiger partial charge >= 0.3 is 0 Å². The van der Waals surface area contributed by atoms with E-state index in [1.807, 2.05) is 18.2 Å². The zero-order valence-corrected chi connectivity index (χ0v) is 15.6. The number of carbonyl (C=O) groups is 2. The smallest absolute Gasteiger partial charge is 0.252 e. The highest BCUT2D eigenvalue weighted by atomic mass is 35.5. The molecule has 6 nitrogen and oxygen atoms in total. The quantitative estimate of drug-likeness (QED) is 0.777. The number of nitrogens with one attached hydrogen (secondary N) is 2. The Balaban J connectivity index is 2.00. The summed E-state index contributed by atoms with van der Waals surface area (Å²) in [6.45, 7) is 1.83. The van der Waals surface area contributed by atoms with Crippen LogP contribution >= 0.6 is 11.6 Å². The number of halogens is 1. The van der Waals surface area contributed by atoms with Crippen molar-refractivity contribution in [1.29, 1.82) is 0 Å². The van der Waals surface area contributed by atoms with Gasteiger partial charge in [-0.25, -0.2) is 0 Å². The Morgan fingerprint density at radius 1 is 1.04 bits per heavy atom. The lowest BCUT2D eigenvalue weighted by Crippen LogP contribution is -2.26. The van der Waals surface area contributed by atoms with Crippen LogP contribution in [0.1, 0.15) is 22.8 Å². The van der Waals surface area contributed by atoms with E-state index < -0.39 is 0 Å². The third kappa shape index (κ3) is 5.13. The summed E-state index contributed by atoms with van der Waals surface area (Å²) in [6.07, 6.45) is 0.620. The van der Waals surface area contributed by atoms with Crippen LogP contribution in [0, 0.1) is 0 Å². The molecule has 0 atom stereocenters. The molecule has 2 rings (SSSR count). The van der Waals surface area contributed by atoms with Crippen LogP contribution in [-0.2, 0) is 11.2 Å². The van der Waals surface area contributed by atoms with Crippen LogP contribution < -0.4 is 20.1 Å². The molecule has 7 heteroatoms. The van der Waals surface area contributed by atoms with Gasteiger partial charge in [0.05, 0.1) is 24.8 Å². The summed E-state index contributed by atoms with van der Waals surface area (Å²) in [7, 11) is 3.16. The molecule has 0 aliphatic carbocycles. The highest BCUT2D eigenvalue weighted by Crippen LogP contribution is 2.27. The fourth-order valence-corrected chi connectivity index (χ4v) is 2.64. The van der Waals surface area contributed by atoms with Crippen LogP contribution in [0.25, 0.3) is 0 Å². The first kappa shape index (κ1) is 19.6. The molecular formula is C19H21ClN2O4. The minimum absolute atomic E-state index is 0.216. The van der Waals surface area contributed by atoms with Gasteiger partial charge in [-0.1, -0.05) is 17.7 Å². The van der Waals surface area contributed by atoms with Gasteiger partial charge in [0.2, 0.25) is 5.91 Å². The van der Waals surface area contributed by atoms with E-state index in [1.165, 1.54) is 6.92 Å². The zero-order valence-electron chi connectivity index (χ0n) is 14.9. The van der Waals surface area contributed by atoms with Gasteiger partial charge < -0.3 is 20.1 Å². The van der Waals surface area contributed by atoms with Gasteiger partial charge in [0.15, 0.2) is 11.5 Å². The summed E-state index contributed by atoms with van der Waals surface area (Å²) in [5.41, 5.74) is 1.83. The van der Waals surface area contributed by atoms with Crippen LogP contribution in [0.5, 0.6) is 11.5 Å². The van der Waals surface area contributed by atoms with Crippen molar-refractivity contribution in [2.45, 2.75) is 13.3 Å². The van der Waals surface area contributed by atoms with Crippen molar-refractivity contribution in [3.05, 3.63) is 52.5 Å². The molecule has 0 unspecified atom stereocenters. The van der Waals surface area contributed by atoms with Crippen molar-refractivity contribution < 1.29 is 19.1 Å². The van der Waals surface area contributed by atoms with Crippen LogP contribution in [0.15, 0.2) is 36.4 Å². The molecule has 138 valence electrons. The molecule has 0 heterocycles. The normalized spacial score (nSPS) is 10.2. The molecule has 0 aromatic heterocycles. The maximum atomic E-state index is 12.4. The molecule has 2 aromatic carbocycles. The van der Waals surface area contributed by atoms with Gasteiger partial charge in [0, 0.05) is 19.2 Å². The first-order valence-corrected chi connectivity index (χ1v) is 8.38. The number of benzene rings is 2. The third-order valence-corrected chi connectivity index (χ3v) is 4.01. The molecule has 0 saturated heterocycles. The van der Waals surface area contributed by atoms with Crippen molar-refractivity contribution in [3.8, 4) is 11.5 Å². The summed E-state index contributed by atoms with van der Waals surface area (Å²) in [5, 5.41) is 5.78. The number of amides is 2. The van der Waals surface area contributed by atoms with Crippen molar-refractivity contribution in [2.24, 2.45) is 0 Å². The minimum Gasteiger partial charge on any atom is -0.493 e. The van der Waals surface area contributed by atoms with Gasteiger partial charge in [0.1, 0.15) is 0 Å². The van der Waals surface area contributed by atoms with E-state index in [2.05, 4.69) is 10.6 Å². The Kier molecular flexibility index (Phi) is 6.86. The second-order valence-corrected chi connectivity index (χ2v) is 5.98. The molecule has 26 heavy (non-hydrogen) atoms. The Labute approximate surface area is 157 Å². The highest BCUT2D eigenvalue weighted by Gasteiger charge is 2.12. The molecule has 0 aliphatic rings. The molecule has 0 bridgehead atoms. The monoisotopic (exact) mass is 376 g/mol. The lowest BCUT2D eigenvalue weighted by atomic mass is 10.1. The third-order valence-electron chi connectivity index (χ3n) is 3.68. The summed E-state index contributed by atoms with van der Waals surface area (Å²) < 4.78 is 10.5. The Morgan fingerprint density at radius 3 is 2.42 bits per heavy atom. The van der Waals surface area contributed by atoms with Crippen molar-refractivity contribution >= 4 is 29.1 Å². The van der Waals surface area contributed by atoms with Gasteiger partial charge in [-0.2, -0.15) is 0 Å². The number of anilines is 1. The zero-order chi connectivity index (χ0) is 19.1. The van der Waals surface area contributed by atoms with Crippen molar-refractivity contribution in [3.63, 3.8) is 0 Å². The van der Waals surface area contributed by atoms with E-state index in [9.17, 15) is 9.59 Å². The molecule has 2 N–H and O–H groups in total. The second-order valence-electron chi connectivity index (χ2n) is 5.57. The van der Waals surface area contributed by atoms with Crippen LogP contribution in [0.2, 0.25) is 5.02 Å². The molecular weight excluding hydrogens is 356 g/mol. The Hall–Kier alpha value is -2.73. The van der Waals surface area contributed by atoms with E-state index in [0.29, 0.717) is 40.7 Å². The van der Waals surface area contributed by atoms with Gasteiger partial charge in [-0.3, -0.25) is 9.59 Å². The average Bonchev–Trinajstić information content (AvgIpc) is 2.62. The Morgan fingerprint density at radius 2 is 1.77 bits per heavy atom. The average molecular weight is 377 g/mol. The van der Waals surface area contributed by atoms with Crippen LogP contribution in [0.3, 0.4) is 0 Å². The largest absolute Gasteiger partial charge is 0.493 e. The molecule has 2 aromatic rings. The topological polar surface area (TPSA) is 76.7 Å². The number of methoxy groups -OCH3 is 2. The standard InChI is InChI=1S/C19H21ClN2O4/c1-12(23)22-14-5-6-16(20)15(11-14)19(24)21-9-8-13-4-7-17(25-2)18(10-13)26-3/h4-7,10-11H,8-9H2,1-3H3,(H,21,24)(H,22,23). The minimum atomic E-state index is -0.303. The molecule has 0 radical (unpaired) electrons. The predicted octanol–water partition coefficient (Wildman–Crippen LogP) is 3.29. The molecule has 0 saturated carbocycles. The maximum Gasteiger partial charge on any atom is 0.252 e. The predicted molar refractivity (Wildman–Crippen MR) is 101 cm³/mol. The molecule has 2 amide bonds. The summed E-state index contributed by atoms with van der Waals surface area (Å²) >= 11 is 6.09. The Bertz CT molecular complexity index is 808. The summed E-state index contributed by atoms with van der Waals surface area (Å²) in [6, 6.07) is 10.4. The van der Waals surface area contributed by atoms with Gasteiger partial charge in [-0.15, -0.1) is 0 Å². The summed E-state index contributed by atoms with van der Waals surface area (Å²) in [4.78, 5) is 23.5. The number of ether oxygens (including phenoxy) is 2. The van der Waals surface area contributed by atoms with Crippen LogP contribution in [-0.4, -0.2) is 32.6 Å². The van der Waals surface area contributed by atoms with Crippen molar-refractivity contribution in [1.82, 2.24) is 5.32 Å². The molecule has 0 aliphatic heterocycles. The number of carbonyl (C=O) groups excluding carboxylic acids is 2. The molecule has 0 fully saturated rings. The number of hydrogen-bond acceptors (Lipinski definition) is 4. The van der Waals surface area contributed by atoms with Gasteiger partial charge in [-0.05, 0) is 42.3 Å². The SMILES string of the molecule is COc1ccc(CCNC(=O)c2cc(NC(C)=O)ccc2Cl)cc1OC. The van der Waals surface area contributed by atoms with E-state index in [4.69, 9.17) is 21.1 Å². The fourth-order valence-electron chi connectivity index (χ4n) is 2.43. The number of rotatable bonds is 7. The first-order valence-electron chi connectivity index (χ1n) is 8.01. The fraction of sp³-hybridized carbons (Fsp3) is 0.263. The van der Waals surface area contributed by atoms with Crippen molar-refractivity contribution in [2.75, 3.05) is 26.1 Å². The van der Waals surface area contributed by atoms with Crippen LogP contribution in [0.4, 0.5) is 5.69 Å². The van der Waals surface area contributed by atoms with E-state index >= 15 is 0 Å². The lowest BCUT2D eigenvalue weighted by molar-refractivity contribution is -0.114. The highest BCUT2D eigenvalue weighted by molar-refractivity contribution is 6.34. The maximum absolute atomic E-state index is 12.4. The van der Waals surface area contributed by atoms with Gasteiger partial charge in [0.25, 0.3) is 5.91 Å². The molecule has 0 spiro atoms. The first-order chi connectivity index (χ1) is 12.4. The van der Waals surface area contributed by atoms with E-state index in [0.717, 1.165) is 5.56 Å². The van der Waals surface area contributed by atoms with E-state index in [-0.39, 0.29) is 11.8 Å². The lowest BCUT2D eigenvalue weighted by Gasteiger charge is -2.11. The number of hydrogen-bond donors (Lipinski definition) is 2. The van der Waals surface area contributed by atoms with E-state index in [1.54, 1.807) is 32.4 Å².